The number of carbonyl (C=O) groups excluding carboxylic acids is 1. The van der Waals surface area contributed by atoms with Crippen molar-refractivity contribution in [2.75, 3.05) is 13.1 Å². The van der Waals surface area contributed by atoms with E-state index in [-0.39, 0.29) is 22.8 Å². The third-order valence-corrected chi connectivity index (χ3v) is 8.36. The van der Waals surface area contributed by atoms with Gasteiger partial charge in [-0.2, -0.15) is 4.31 Å². The predicted octanol–water partition coefficient (Wildman–Crippen LogP) is 4.95. The van der Waals surface area contributed by atoms with E-state index in [9.17, 15) is 13.2 Å². The number of rotatable bonds is 6. The van der Waals surface area contributed by atoms with Crippen LogP contribution < -0.4 is 5.32 Å². The third-order valence-electron chi connectivity index (χ3n) is 6.20. The van der Waals surface area contributed by atoms with E-state index in [2.05, 4.69) is 5.32 Å². The number of carbonyl (C=O) groups is 1. The minimum atomic E-state index is -3.60. The van der Waals surface area contributed by atoms with Crippen molar-refractivity contribution in [2.24, 2.45) is 5.92 Å². The summed E-state index contributed by atoms with van der Waals surface area (Å²) in [5.41, 5.74) is 3.18. The number of aryl methyl sites for hydroxylation is 1. The second kappa shape index (κ2) is 10.1. The number of nitrogens with one attached hydrogen (secondary N) is 1. The van der Waals surface area contributed by atoms with Crippen LogP contribution in [0.5, 0.6) is 0 Å². The first-order valence-electron chi connectivity index (χ1n) is 11.0. The molecule has 3 aromatic rings. The first kappa shape index (κ1) is 23.5. The number of hydrogen-bond acceptors (Lipinski definition) is 3. The van der Waals surface area contributed by atoms with Gasteiger partial charge in [0.25, 0.3) is 0 Å². The van der Waals surface area contributed by atoms with Crippen molar-refractivity contribution >= 4 is 27.5 Å². The summed E-state index contributed by atoms with van der Waals surface area (Å²) in [5, 5.41) is 3.72. The molecule has 172 valence electrons. The normalized spacial score (nSPS) is 16.3. The van der Waals surface area contributed by atoms with E-state index >= 15 is 0 Å². The zero-order valence-electron chi connectivity index (χ0n) is 18.4. The lowest BCUT2D eigenvalue weighted by Gasteiger charge is -2.32. The largest absolute Gasteiger partial charge is 0.345 e. The number of piperidine rings is 1. The van der Waals surface area contributed by atoms with Crippen molar-refractivity contribution in [3.05, 3.63) is 101 Å². The fourth-order valence-corrected chi connectivity index (χ4v) is 5.87. The molecule has 0 aliphatic carbocycles. The molecule has 0 spiro atoms. The van der Waals surface area contributed by atoms with Crippen LogP contribution in [0, 0.1) is 12.8 Å². The van der Waals surface area contributed by atoms with E-state index in [1.807, 2.05) is 61.5 Å². The van der Waals surface area contributed by atoms with E-state index < -0.39 is 10.0 Å². The van der Waals surface area contributed by atoms with Crippen LogP contribution in [0.15, 0.2) is 83.8 Å². The molecule has 1 heterocycles. The Kier molecular flexibility index (Phi) is 7.17. The minimum Gasteiger partial charge on any atom is -0.345 e. The Morgan fingerprint density at radius 1 is 0.939 bits per heavy atom. The molecule has 1 fully saturated rings. The van der Waals surface area contributed by atoms with Crippen LogP contribution in [0.25, 0.3) is 0 Å². The molecule has 7 heteroatoms. The summed E-state index contributed by atoms with van der Waals surface area (Å²) in [6.45, 7) is 2.66. The lowest BCUT2D eigenvalue weighted by Crippen LogP contribution is -2.43. The first-order valence-corrected chi connectivity index (χ1v) is 12.8. The number of hydrogen-bond donors (Lipinski definition) is 1. The molecule has 1 amide bonds. The molecule has 0 radical (unpaired) electrons. The quantitative estimate of drug-likeness (QED) is 0.540. The molecule has 4 rings (SSSR count). The van der Waals surface area contributed by atoms with Crippen LogP contribution in [0.2, 0.25) is 5.02 Å². The summed E-state index contributed by atoms with van der Waals surface area (Å²) >= 11 is 5.89. The molecule has 1 aliphatic rings. The molecule has 1 N–H and O–H groups in total. The highest BCUT2D eigenvalue weighted by atomic mass is 35.5. The maximum Gasteiger partial charge on any atom is 0.243 e. The van der Waals surface area contributed by atoms with Crippen LogP contribution >= 0.6 is 11.6 Å². The first-order chi connectivity index (χ1) is 15.9. The standard InChI is InChI=1S/C26H27ClN2O3S/c1-19-7-5-6-10-24(19)25(20-8-3-2-4-9-20)28-26(30)21-15-17-29(18-16-21)33(31,32)23-13-11-22(27)12-14-23/h2-14,21,25H,15-18H2,1H3,(H,28,30)/t25-/m1/s1. The minimum absolute atomic E-state index is 0.0457. The second-order valence-corrected chi connectivity index (χ2v) is 10.7. The Hall–Kier alpha value is -2.67. The van der Waals surface area contributed by atoms with Gasteiger partial charge in [0.15, 0.2) is 0 Å². The molecule has 0 saturated carbocycles. The van der Waals surface area contributed by atoms with Crippen LogP contribution in [0.4, 0.5) is 0 Å². The van der Waals surface area contributed by atoms with Crippen molar-refractivity contribution in [2.45, 2.75) is 30.7 Å². The SMILES string of the molecule is Cc1ccccc1[C@H](NC(=O)C1CCN(S(=O)(=O)c2ccc(Cl)cc2)CC1)c1ccccc1. The van der Waals surface area contributed by atoms with Crippen LogP contribution in [0.3, 0.4) is 0 Å². The Bertz CT molecular complexity index is 1210. The average molecular weight is 483 g/mol. The molecular weight excluding hydrogens is 456 g/mol. The van der Waals surface area contributed by atoms with Crippen molar-refractivity contribution in [3.8, 4) is 0 Å². The van der Waals surface area contributed by atoms with E-state index in [0.29, 0.717) is 31.0 Å². The van der Waals surface area contributed by atoms with E-state index in [0.717, 1.165) is 16.7 Å². The van der Waals surface area contributed by atoms with Gasteiger partial charge in [0.2, 0.25) is 15.9 Å². The maximum absolute atomic E-state index is 13.2. The van der Waals surface area contributed by atoms with Gasteiger partial charge < -0.3 is 5.32 Å². The zero-order valence-corrected chi connectivity index (χ0v) is 20.0. The van der Waals surface area contributed by atoms with Gasteiger partial charge in [-0.25, -0.2) is 8.42 Å². The van der Waals surface area contributed by atoms with Gasteiger partial charge in [0, 0.05) is 24.0 Å². The van der Waals surface area contributed by atoms with Gasteiger partial charge in [0.05, 0.1) is 10.9 Å². The van der Waals surface area contributed by atoms with Gasteiger partial charge in [-0.05, 0) is 60.7 Å². The van der Waals surface area contributed by atoms with Gasteiger partial charge in [-0.15, -0.1) is 0 Å². The number of halogens is 1. The smallest absolute Gasteiger partial charge is 0.243 e. The molecule has 1 atom stereocenters. The summed E-state index contributed by atoms with van der Waals surface area (Å²) in [5.74, 6) is -0.285. The van der Waals surface area contributed by atoms with Crippen molar-refractivity contribution in [3.63, 3.8) is 0 Å². The third kappa shape index (κ3) is 5.29. The highest BCUT2D eigenvalue weighted by molar-refractivity contribution is 7.89. The molecule has 1 aliphatic heterocycles. The van der Waals surface area contributed by atoms with E-state index in [1.165, 1.54) is 16.4 Å². The summed E-state index contributed by atoms with van der Waals surface area (Å²) in [6.07, 6.45) is 0.960. The fraction of sp³-hybridized carbons (Fsp3) is 0.269. The molecule has 0 aromatic heterocycles. The molecule has 1 saturated heterocycles. The number of nitrogens with zero attached hydrogens (tertiary/aromatic N) is 1. The molecule has 5 nitrogen and oxygen atoms in total. The molecule has 33 heavy (non-hydrogen) atoms. The zero-order chi connectivity index (χ0) is 23.4. The average Bonchev–Trinajstić information content (AvgIpc) is 2.84. The Morgan fingerprint density at radius 3 is 2.18 bits per heavy atom. The lowest BCUT2D eigenvalue weighted by molar-refractivity contribution is -0.126. The fourth-order valence-electron chi connectivity index (χ4n) is 4.27. The number of sulfonamides is 1. The summed E-state index contributed by atoms with van der Waals surface area (Å²) in [6, 6.07) is 23.9. The Morgan fingerprint density at radius 2 is 1.55 bits per heavy atom. The van der Waals surface area contributed by atoms with E-state index in [1.54, 1.807) is 12.1 Å². The highest BCUT2D eigenvalue weighted by Gasteiger charge is 2.33. The molecule has 3 aromatic carbocycles. The summed E-state index contributed by atoms with van der Waals surface area (Å²) < 4.78 is 27.3. The Labute approximate surface area is 200 Å². The Balaban J connectivity index is 1.46. The molecule has 0 unspecified atom stereocenters. The summed E-state index contributed by atoms with van der Waals surface area (Å²) in [7, 11) is -3.60. The second-order valence-electron chi connectivity index (χ2n) is 8.34. The molecule has 0 bridgehead atoms. The van der Waals surface area contributed by atoms with Crippen LogP contribution in [-0.2, 0) is 14.8 Å². The van der Waals surface area contributed by atoms with Crippen molar-refractivity contribution in [1.82, 2.24) is 9.62 Å². The maximum atomic E-state index is 13.2. The van der Waals surface area contributed by atoms with Gasteiger partial charge >= 0.3 is 0 Å². The van der Waals surface area contributed by atoms with Crippen LogP contribution in [0.1, 0.15) is 35.6 Å². The number of benzene rings is 3. The predicted molar refractivity (Wildman–Crippen MR) is 131 cm³/mol. The molecular formula is C26H27ClN2O3S. The van der Waals surface area contributed by atoms with Gasteiger partial charge in [-0.1, -0.05) is 66.2 Å². The van der Waals surface area contributed by atoms with Crippen molar-refractivity contribution in [1.29, 1.82) is 0 Å². The topological polar surface area (TPSA) is 66.5 Å². The van der Waals surface area contributed by atoms with Crippen molar-refractivity contribution < 1.29 is 13.2 Å². The van der Waals surface area contributed by atoms with Crippen LogP contribution in [-0.4, -0.2) is 31.7 Å². The highest BCUT2D eigenvalue weighted by Crippen LogP contribution is 2.28. The lowest BCUT2D eigenvalue weighted by atomic mass is 9.92. The van der Waals surface area contributed by atoms with Gasteiger partial charge in [-0.3, -0.25) is 4.79 Å². The number of amides is 1. The summed E-state index contributed by atoms with van der Waals surface area (Å²) in [4.78, 5) is 13.5. The van der Waals surface area contributed by atoms with E-state index in [4.69, 9.17) is 11.6 Å². The van der Waals surface area contributed by atoms with Gasteiger partial charge in [0.1, 0.15) is 0 Å². The monoisotopic (exact) mass is 482 g/mol.